The number of hydrogen-bond donors (Lipinski definition) is 1. The first-order valence-corrected chi connectivity index (χ1v) is 8.54. The summed E-state index contributed by atoms with van der Waals surface area (Å²) < 4.78 is 25.0. The predicted molar refractivity (Wildman–Crippen MR) is 89.8 cm³/mol. The zero-order chi connectivity index (χ0) is 18.2. The fraction of sp³-hybridized carbons (Fsp3) is 0.529. The lowest BCUT2D eigenvalue weighted by Crippen LogP contribution is -2.52. The van der Waals surface area contributed by atoms with Gasteiger partial charge in [-0.2, -0.15) is 4.98 Å². The minimum atomic E-state index is -1.06. The molecule has 1 aromatic carbocycles. The van der Waals surface area contributed by atoms with Crippen LogP contribution in [0, 0.1) is 12.7 Å². The summed E-state index contributed by atoms with van der Waals surface area (Å²) in [5.74, 6) is 0.494. The van der Waals surface area contributed by atoms with E-state index in [1.165, 1.54) is 12.1 Å². The van der Waals surface area contributed by atoms with Crippen LogP contribution in [0.4, 0.5) is 4.39 Å². The molecule has 0 spiro atoms. The van der Waals surface area contributed by atoms with Crippen molar-refractivity contribution in [2.24, 2.45) is 0 Å². The van der Waals surface area contributed by atoms with Crippen molar-refractivity contribution >= 4 is 11.6 Å². The summed E-state index contributed by atoms with van der Waals surface area (Å²) in [5.41, 5.74) is -1.06. The van der Waals surface area contributed by atoms with Gasteiger partial charge in [0.15, 0.2) is 17.4 Å². The first-order chi connectivity index (χ1) is 11.8. The summed E-state index contributed by atoms with van der Waals surface area (Å²) in [6, 6.07) is 3.99. The number of rotatable bonds is 5. The Labute approximate surface area is 150 Å². The van der Waals surface area contributed by atoms with Crippen LogP contribution in [-0.2, 0) is 0 Å². The molecule has 1 fully saturated rings. The topological polar surface area (TPSA) is 71.6 Å². The van der Waals surface area contributed by atoms with Crippen molar-refractivity contribution in [2.45, 2.75) is 51.5 Å². The van der Waals surface area contributed by atoms with Gasteiger partial charge >= 0.3 is 0 Å². The van der Waals surface area contributed by atoms with Gasteiger partial charge in [-0.3, -0.25) is 4.90 Å². The molecule has 0 aliphatic carbocycles. The number of aryl methyl sites for hydroxylation is 1. The van der Waals surface area contributed by atoms with E-state index in [-0.39, 0.29) is 16.8 Å². The number of benzene rings is 1. The molecule has 0 amide bonds. The van der Waals surface area contributed by atoms with Crippen molar-refractivity contribution in [2.75, 3.05) is 6.54 Å². The van der Waals surface area contributed by atoms with Crippen molar-refractivity contribution in [1.82, 2.24) is 15.0 Å². The van der Waals surface area contributed by atoms with Crippen molar-refractivity contribution in [3.63, 3.8) is 0 Å². The molecule has 2 aromatic rings. The van der Waals surface area contributed by atoms with Crippen LogP contribution in [0.25, 0.3) is 0 Å². The van der Waals surface area contributed by atoms with Crippen molar-refractivity contribution in [1.29, 1.82) is 0 Å². The van der Waals surface area contributed by atoms with E-state index in [1.54, 1.807) is 26.8 Å². The minimum absolute atomic E-state index is 0.0397. The second-order valence-corrected chi connectivity index (χ2v) is 7.17. The monoisotopic (exact) mass is 369 g/mol. The number of aromatic nitrogens is 2. The lowest BCUT2D eigenvalue weighted by molar-refractivity contribution is -0.126. The molecule has 3 rings (SSSR count). The van der Waals surface area contributed by atoms with E-state index in [0.717, 1.165) is 12.8 Å². The van der Waals surface area contributed by atoms with Gasteiger partial charge in [-0.1, -0.05) is 16.8 Å². The summed E-state index contributed by atoms with van der Waals surface area (Å²) in [4.78, 5) is 6.12. The van der Waals surface area contributed by atoms with Crippen LogP contribution in [0.15, 0.2) is 22.7 Å². The van der Waals surface area contributed by atoms with Crippen molar-refractivity contribution in [3.8, 4) is 5.75 Å². The van der Waals surface area contributed by atoms with Crippen molar-refractivity contribution < 1.29 is 18.8 Å². The molecule has 1 aliphatic heterocycles. The summed E-state index contributed by atoms with van der Waals surface area (Å²) in [7, 11) is 0. The first-order valence-electron chi connectivity index (χ1n) is 8.16. The van der Waals surface area contributed by atoms with Crippen LogP contribution >= 0.6 is 11.6 Å². The van der Waals surface area contributed by atoms with E-state index < -0.39 is 17.6 Å². The molecular formula is C17H21ClFN3O3. The SMILES string of the molecule is Cc1noc([C@@H]2CCCN2C(O)C(C)(C)Oc2ccc(Cl)cc2F)n1. The fourth-order valence-electron chi connectivity index (χ4n) is 3.09. The number of nitrogens with zero attached hydrogens (tertiary/aromatic N) is 3. The van der Waals surface area contributed by atoms with Gasteiger partial charge in [0.25, 0.3) is 0 Å². The zero-order valence-corrected chi connectivity index (χ0v) is 15.1. The highest BCUT2D eigenvalue weighted by atomic mass is 35.5. The van der Waals surface area contributed by atoms with Gasteiger partial charge in [-0.25, -0.2) is 4.39 Å². The number of aliphatic hydroxyl groups excluding tert-OH is 1. The second-order valence-electron chi connectivity index (χ2n) is 6.73. The standard InChI is InChI=1S/C17H21ClFN3O3/c1-10-20-15(25-21-10)13-5-4-8-22(13)16(23)17(2,3)24-14-7-6-11(18)9-12(14)19/h6-7,9,13,16,23H,4-5,8H2,1-3H3/t13-,16?/m0/s1. The normalized spacial score (nSPS) is 20.0. The highest BCUT2D eigenvalue weighted by molar-refractivity contribution is 6.30. The van der Waals surface area contributed by atoms with Gasteiger partial charge in [0.1, 0.15) is 11.8 Å². The Morgan fingerprint density at radius 3 is 2.88 bits per heavy atom. The van der Waals surface area contributed by atoms with Crippen LogP contribution in [0.5, 0.6) is 5.75 Å². The van der Waals surface area contributed by atoms with Crippen LogP contribution in [0.1, 0.15) is 44.4 Å². The Balaban J connectivity index is 1.78. The molecule has 6 nitrogen and oxygen atoms in total. The third-order valence-electron chi connectivity index (χ3n) is 4.33. The number of hydrogen-bond acceptors (Lipinski definition) is 6. The Bertz CT molecular complexity index is 752. The maximum absolute atomic E-state index is 14.0. The van der Waals surface area contributed by atoms with Crippen LogP contribution in [0.3, 0.4) is 0 Å². The molecule has 1 aliphatic rings. The average Bonchev–Trinajstić information content (AvgIpc) is 3.17. The molecule has 0 radical (unpaired) electrons. The fourth-order valence-corrected chi connectivity index (χ4v) is 3.25. The van der Waals surface area contributed by atoms with Gasteiger partial charge in [0.2, 0.25) is 5.89 Å². The van der Waals surface area contributed by atoms with Gasteiger partial charge in [0, 0.05) is 11.6 Å². The maximum atomic E-state index is 14.0. The average molecular weight is 370 g/mol. The molecule has 8 heteroatoms. The molecule has 1 aromatic heterocycles. The molecule has 2 heterocycles. The molecule has 1 unspecified atom stereocenters. The second kappa shape index (κ2) is 6.90. The molecule has 0 saturated carbocycles. The summed E-state index contributed by atoms with van der Waals surface area (Å²) in [6.45, 7) is 5.82. The molecule has 1 N–H and O–H groups in total. The molecule has 136 valence electrons. The predicted octanol–water partition coefficient (Wildman–Crippen LogP) is 3.48. The van der Waals surface area contributed by atoms with Crippen molar-refractivity contribution in [3.05, 3.63) is 40.8 Å². The van der Waals surface area contributed by atoms with E-state index in [0.29, 0.717) is 18.3 Å². The zero-order valence-electron chi connectivity index (χ0n) is 14.4. The first kappa shape index (κ1) is 18.1. The highest BCUT2D eigenvalue weighted by Crippen LogP contribution is 2.36. The Morgan fingerprint density at radius 1 is 1.48 bits per heavy atom. The molecule has 1 saturated heterocycles. The Hall–Kier alpha value is -1.70. The lowest BCUT2D eigenvalue weighted by Gasteiger charge is -2.38. The van der Waals surface area contributed by atoms with Crippen LogP contribution in [0.2, 0.25) is 5.02 Å². The summed E-state index contributed by atoms with van der Waals surface area (Å²) in [6.07, 6.45) is 0.695. The van der Waals surface area contributed by atoms with E-state index >= 15 is 0 Å². The number of aliphatic hydroxyl groups is 1. The molecule has 25 heavy (non-hydrogen) atoms. The van der Waals surface area contributed by atoms with E-state index in [9.17, 15) is 9.50 Å². The molecule has 0 bridgehead atoms. The smallest absolute Gasteiger partial charge is 0.244 e. The Kier molecular flexibility index (Phi) is 4.99. The van der Waals surface area contributed by atoms with E-state index in [1.807, 2.05) is 4.90 Å². The van der Waals surface area contributed by atoms with E-state index in [2.05, 4.69) is 10.1 Å². The van der Waals surface area contributed by atoms with Gasteiger partial charge in [-0.15, -0.1) is 0 Å². The third kappa shape index (κ3) is 3.78. The largest absolute Gasteiger partial charge is 0.481 e. The minimum Gasteiger partial charge on any atom is -0.481 e. The maximum Gasteiger partial charge on any atom is 0.244 e. The van der Waals surface area contributed by atoms with Gasteiger partial charge < -0.3 is 14.4 Å². The molecular weight excluding hydrogens is 349 g/mol. The van der Waals surface area contributed by atoms with Crippen LogP contribution in [-0.4, -0.2) is 38.5 Å². The van der Waals surface area contributed by atoms with E-state index in [4.69, 9.17) is 20.9 Å². The number of halogens is 2. The van der Waals surface area contributed by atoms with Crippen LogP contribution < -0.4 is 4.74 Å². The quantitative estimate of drug-likeness (QED) is 0.869. The number of likely N-dealkylation sites (tertiary alicyclic amines) is 1. The van der Waals surface area contributed by atoms with Gasteiger partial charge in [-0.05, 0) is 51.8 Å². The van der Waals surface area contributed by atoms with Gasteiger partial charge in [0.05, 0.1) is 6.04 Å². The third-order valence-corrected chi connectivity index (χ3v) is 4.56. The molecule has 2 atom stereocenters. The number of ether oxygens (including phenoxy) is 1. The highest BCUT2D eigenvalue weighted by Gasteiger charge is 2.42. The summed E-state index contributed by atoms with van der Waals surface area (Å²) in [5, 5.41) is 15.0. The summed E-state index contributed by atoms with van der Waals surface area (Å²) >= 11 is 5.77. The lowest BCUT2D eigenvalue weighted by atomic mass is 10.1. The Morgan fingerprint density at radius 2 is 2.24 bits per heavy atom.